The van der Waals surface area contributed by atoms with Gasteiger partial charge in [0.05, 0.1) is 12.7 Å². The molecule has 3 aromatic rings. The van der Waals surface area contributed by atoms with Crippen LogP contribution >= 0.6 is 11.6 Å². The van der Waals surface area contributed by atoms with Gasteiger partial charge in [-0.3, -0.25) is 9.78 Å². The highest BCUT2D eigenvalue weighted by molar-refractivity contribution is 6.30. The van der Waals surface area contributed by atoms with E-state index in [2.05, 4.69) is 20.6 Å². The monoisotopic (exact) mass is 355 g/mol. The molecule has 128 valence electrons. The van der Waals surface area contributed by atoms with E-state index in [9.17, 15) is 4.79 Å². The molecule has 0 aliphatic rings. The molecule has 0 fully saturated rings. The van der Waals surface area contributed by atoms with Crippen LogP contribution in [0.25, 0.3) is 0 Å². The van der Waals surface area contributed by atoms with Crippen molar-refractivity contribution in [1.29, 1.82) is 0 Å². The van der Waals surface area contributed by atoms with Crippen molar-refractivity contribution in [2.24, 2.45) is 0 Å². The Labute approximate surface area is 150 Å². The number of benzene rings is 1. The number of halogens is 1. The van der Waals surface area contributed by atoms with Gasteiger partial charge in [0.15, 0.2) is 5.69 Å². The van der Waals surface area contributed by atoms with Gasteiger partial charge in [-0.25, -0.2) is 4.68 Å². The maximum absolute atomic E-state index is 12.1. The molecule has 0 saturated carbocycles. The molecule has 0 bridgehead atoms. The number of rotatable bonds is 6. The van der Waals surface area contributed by atoms with Crippen molar-refractivity contribution >= 4 is 17.5 Å². The number of hydrogen-bond acceptors (Lipinski definition) is 4. The van der Waals surface area contributed by atoms with Crippen molar-refractivity contribution < 1.29 is 4.79 Å². The van der Waals surface area contributed by atoms with E-state index >= 15 is 0 Å². The normalized spacial score (nSPS) is 10.6. The van der Waals surface area contributed by atoms with Gasteiger partial charge in [-0.1, -0.05) is 35.0 Å². The van der Waals surface area contributed by atoms with Gasteiger partial charge < -0.3 is 5.32 Å². The minimum absolute atomic E-state index is 0.241. The molecular weight excluding hydrogens is 338 g/mol. The summed E-state index contributed by atoms with van der Waals surface area (Å²) < 4.78 is 1.63. The summed E-state index contributed by atoms with van der Waals surface area (Å²) in [6.07, 6.45) is 2.31. The van der Waals surface area contributed by atoms with Crippen LogP contribution in [0.2, 0.25) is 5.02 Å². The molecule has 6 nitrogen and oxygen atoms in total. The second-order valence-corrected chi connectivity index (χ2v) is 6.14. The predicted octanol–water partition coefficient (Wildman–Crippen LogP) is 2.66. The Bertz CT molecular complexity index is 860. The summed E-state index contributed by atoms with van der Waals surface area (Å²) in [5.74, 6) is -0.241. The van der Waals surface area contributed by atoms with Gasteiger partial charge in [0, 0.05) is 29.4 Å². The van der Waals surface area contributed by atoms with Gasteiger partial charge >= 0.3 is 0 Å². The molecule has 0 saturated heterocycles. The topological polar surface area (TPSA) is 72.7 Å². The van der Waals surface area contributed by atoms with Crippen molar-refractivity contribution in [3.8, 4) is 0 Å². The van der Waals surface area contributed by atoms with E-state index in [1.165, 1.54) is 0 Å². The fourth-order valence-corrected chi connectivity index (χ4v) is 2.52. The fraction of sp³-hybridized carbons (Fsp3) is 0.222. The fourth-order valence-electron chi connectivity index (χ4n) is 2.39. The maximum Gasteiger partial charge on any atom is 0.273 e. The number of aromatic nitrogens is 4. The SMILES string of the molecule is Cc1cccc(CCNC(=O)c2cn(Cc3ccc(Cl)cc3)nn2)n1. The van der Waals surface area contributed by atoms with E-state index < -0.39 is 0 Å². The van der Waals surface area contributed by atoms with Crippen LogP contribution in [0.4, 0.5) is 0 Å². The zero-order valence-electron chi connectivity index (χ0n) is 13.8. The summed E-state index contributed by atoms with van der Waals surface area (Å²) in [4.78, 5) is 16.6. The van der Waals surface area contributed by atoms with E-state index in [0.717, 1.165) is 17.0 Å². The quantitative estimate of drug-likeness (QED) is 0.737. The standard InChI is InChI=1S/C18H18ClN5O/c1-13-3-2-4-16(21-13)9-10-20-18(25)17-12-24(23-22-17)11-14-5-7-15(19)8-6-14/h2-8,12H,9-11H2,1H3,(H,20,25). The summed E-state index contributed by atoms with van der Waals surface area (Å²) >= 11 is 5.87. The third kappa shape index (κ3) is 4.87. The molecular formula is C18H18ClN5O. The smallest absolute Gasteiger partial charge is 0.273 e. The lowest BCUT2D eigenvalue weighted by Gasteiger charge is -2.03. The van der Waals surface area contributed by atoms with Crippen LogP contribution < -0.4 is 5.32 Å². The maximum atomic E-state index is 12.1. The highest BCUT2D eigenvalue weighted by Crippen LogP contribution is 2.10. The first kappa shape index (κ1) is 17.1. The Morgan fingerprint density at radius 1 is 1.20 bits per heavy atom. The highest BCUT2D eigenvalue weighted by atomic mass is 35.5. The van der Waals surface area contributed by atoms with Crippen LogP contribution in [0.15, 0.2) is 48.7 Å². The van der Waals surface area contributed by atoms with Crippen LogP contribution in [0.5, 0.6) is 0 Å². The number of amides is 1. The minimum atomic E-state index is -0.241. The minimum Gasteiger partial charge on any atom is -0.350 e. The lowest BCUT2D eigenvalue weighted by Crippen LogP contribution is -2.26. The van der Waals surface area contributed by atoms with Crippen molar-refractivity contribution in [1.82, 2.24) is 25.3 Å². The molecule has 0 aliphatic heterocycles. The summed E-state index contributed by atoms with van der Waals surface area (Å²) in [6, 6.07) is 13.3. The Morgan fingerprint density at radius 2 is 2.00 bits per heavy atom. The van der Waals surface area contributed by atoms with Crippen LogP contribution in [0, 0.1) is 6.92 Å². The molecule has 0 aliphatic carbocycles. The number of pyridine rings is 1. The van der Waals surface area contributed by atoms with Crippen LogP contribution in [-0.4, -0.2) is 32.4 Å². The molecule has 2 heterocycles. The Hall–Kier alpha value is -2.73. The summed E-state index contributed by atoms with van der Waals surface area (Å²) in [5, 5.41) is 11.4. The number of nitrogens with one attached hydrogen (secondary N) is 1. The Morgan fingerprint density at radius 3 is 2.76 bits per heavy atom. The van der Waals surface area contributed by atoms with Gasteiger partial charge in [-0.05, 0) is 36.8 Å². The van der Waals surface area contributed by atoms with E-state index in [1.54, 1.807) is 10.9 Å². The summed E-state index contributed by atoms with van der Waals surface area (Å²) in [5.41, 5.74) is 3.25. The van der Waals surface area contributed by atoms with Gasteiger partial charge in [0.25, 0.3) is 5.91 Å². The van der Waals surface area contributed by atoms with Crippen molar-refractivity contribution in [3.63, 3.8) is 0 Å². The van der Waals surface area contributed by atoms with E-state index in [0.29, 0.717) is 30.2 Å². The van der Waals surface area contributed by atoms with Crippen LogP contribution in [0.1, 0.15) is 27.4 Å². The van der Waals surface area contributed by atoms with Crippen LogP contribution in [0.3, 0.4) is 0 Å². The third-order valence-corrected chi connectivity index (χ3v) is 3.89. The number of hydrogen-bond donors (Lipinski definition) is 1. The Balaban J connectivity index is 1.52. The lowest BCUT2D eigenvalue weighted by atomic mass is 10.2. The molecule has 0 spiro atoms. The molecule has 25 heavy (non-hydrogen) atoms. The molecule has 2 aromatic heterocycles. The number of nitrogens with zero attached hydrogens (tertiary/aromatic N) is 4. The average Bonchev–Trinajstić information content (AvgIpc) is 3.06. The molecule has 0 radical (unpaired) electrons. The predicted molar refractivity (Wildman–Crippen MR) is 95.6 cm³/mol. The van der Waals surface area contributed by atoms with E-state index in [-0.39, 0.29) is 5.91 Å². The van der Waals surface area contributed by atoms with Crippen LogP contribution in [-0.2, 0) is 13.0 Å². The van der Waals surface area contributed by atoms with Crippen molar-refractivity contribution in [2.75, 3.05) is 6.54 Å². The average molecular weight is 356 g/mol. The molecule has 0 unspecified atom stereocenters. The lowest BCUT2D eigenvalue weighted by molar-refractivity contribution is 0.0949. The molecule has 1 aromatic carbocycles. The second kappa shape index (κ2) is 7.90. The van der Waals surface area contributed by atoms with Gasteiger partial charge in [0.1, 0.15) is 0 Å². The van der Waals surface area contributed by atoms with E-state index in [4.69, 9.17) is 11.6 Å². The Kier molecular flexibility index (Phi) is 5.40. The zero-order chi connectivity index (χ0) is 17.6. The molecule has 1 N–H and O–H groups in total. The first-order valence-electron chi connectivity index (χ1n) is 7.95. The molecule has 0 atom stereocenters. The summed E-state index contributed by atoms with van der Waals surface area (Å²) in [6.45, 7) is 2.98. The number of aryl methyl sites for hydroxylation is 1. The van der Waals surface area contributed by atoms with E-state index in [1.807, 2.05) is 49.4 Å². The van der Waals surface area contributed by atoms with Crippen molar-refractivity contribution in [3.05, 3.63) is 76.3 Å². The largest absolute Gasteiger partial charge is 0.350 e. The van der Waals surface area contributed by atoms with Gasteiger partial charge in [-0.2, -0.15) is 0 Å². The molecule has 1 amide bonds. The third-order valence-electron chi connectivity index (χ3n) is 3.64. The number of carbonyl (C=O) groups excluding carboxylic acids is 1. The first-order valence-corrected chi connectivity index (χ1v) is 8.33. The van der Waals surface area contributed by atoms with Crippen molar-refractivity contribution in [2.45, 2.75) is 19.9 Å². The van der Waals surface area contributed by atoms with Gasteiger partial charge in [-0.15, -0.1) is 5.10 Å². The number of carbonyl (C=O) groups is 1. The summed E-state index contributed by atoms with van der Waals surface area (Å²) in [7, 11) is 0. The second-order valence-electron chi connectivity index (χ2n) is 5.70. The first-order chi connectivity index (χ1) is 12.1. The highest BCUT2D eigenvalue weighted by Gasteiger charge is 2.10. The molecule has 3 rings (SSSR count). The van der Waals surface area contributed by atoms with Gasteiger partial charge in [0.2, 0.25) is 0 Å². The zero-order valence-corrected chi connectivity index (χ0v) is 14.6. The molecule has 7 heteroatoms.